The van der Waals surface area contributed by atoms with Crippen LogP contribution >= 0.6 is 11.6 Å². The quantitative estimate of drug-likeness (QED) is 0.497. The fourth-order valence-electron chi connectivity index (χ4n) is 3.66. The number of morpholine rings is 1. The van der Waals surface area contributed by atoms with E-state index >= 15 is 0 Å². The largest absolute Gasteiger partial charge is 0.489 e. The van der Waals surface area contributed by atoms with Gasteiger partial charge in [0, 0.05) is 35.9 Å². The summed E-state index contributed by atoms with van der Waals surface area (Å²) in [4.78, 5) is 13.9. The number of halogens is 1. The van der Waals surface area contributed by atoms with Gasteiger partial charge in [-0.3, -0.25) is 0 Å². The molecule has 0 spiro atoms. The lowest BCUT2D eigenvalue weighted by molar-refractivity contribution is 0.0696. The Labute approximate surface area is 192 Å². The molecule has 0 bridgehead atoms. The first-order valence-corrected chi connectivity index (χ1v) is 10.9. The van der Waals surface area contributed by atoms with Gasteiger partial charge in [0.05, 0.1) is 24.5 Å². The smallest absolute Gasteiger partial charge is 0.337 e. The maximum Gasteiger partial charge on any atom is 0.337 e. The molecular formula is C25H25ClN2O4. The molecule has 0 radical (unpaired) electrons. The number of benzene rings is 3. The highest BCUT2D eigenvalue weighted by molar-refractivity contribution is 6.30. The first-order valence-electron chi connectivity index (χ1n) is 10.5. The Morgan fingerprint density at radius 2 is 1.84 bits per heavy atom. The number of nitrogens with one attached hydrogen (secondary N) is 1. The molecule has 6 nitrogen and oxygen atoms in total. The summed E-state index contributed by atoms with van der Waals surface area (Å²) in [6.45, 7) is 3.45. The summed E-state index contributed by atoms with van der Waals surface area (Å²) < 4.78 is 11.4. The van der Waals surface area contributed by atoms with E-state index in [1.54, 1.807) is 12.1 Å². The summed E-state index contributed by atoms with van der Waals surface area (Å²) in [7, 11) is 0. The molecule has 0 aliphatic carbocycles. The third kappa shape index (κ3) is 5.52. The number of hydrogen-bond donors (Lipinski definition) is 2. The number of carboxylic acids is 1. The third-order valence-corrected chi connectivity index (χ3v) is 5.56. The highest BCUT2D eigenvalue weighted by Gasteiger charge is 2.19. The van der Waals surface area contributed by atoms with Gasteiger partial charge in [-0.2, -0.15) is 0 Å². The first kappa shape index (κ1) is 22.0. The lowest BCUT2D eigenvalue weighted by Gasteiger charge is -2.30. The van der Waals surface area contributed by atoms with Crippen LogP contribution in [0.1, 0.15) is 21.5 Å². The topological polar surface area (TPSA) is 71.0 Å². The molecule has 7 heteroatoms. The maximum absolute atomic E-state index is 11.9. The molecule has 2 N–H and O–H groups in total. The molecule has 1 fully saturated rings. The lowest BCUT2D eigenvalue weighted by Crippen LogP contribution is -2.37. The Hall–Kier alpha value is -3.22. The van der Waals surface area contributed by atoms with Gasteiger partial charge in [-0.05, 0) is 42.0 Å². The number of carbonyl (C=O) groups is 1. The van der Waals surface area contributed by atoms with E-state index in [0.29, 0.717) is 55.9 Å². The second-order valence-corrected chi connectivity index (χ2v) is 7.95. The minimum Gasteiger partial charge on any atom is -0.489 e. The van der Waals surface area contributed by atoms with E-state index in [4.69, 9.17) is 21.1 Å². The Kier molecular flexibility index (Phi) is 7.14. The van der Waals surface area contributed by atoms with Crippen LogP contribution in [0.4, 0.5) is 11.4 Å². The van der Waals surface area contributed by atoms with Crippen LogP contribution in [0.25, 0.3) is 0 Å². The van der Waals surface area contributed by atoms with E-state index in [1.807, 2.05) is 59.5 Å². The van der Waals surface area contributed by atoms with Crippen molar-refractivity contribution in [2.24, 2.45) is 0 Å². The molecule has 0 aromatic heterocycles. The average Bonchev–Trinajstić information content (AvgIpc) is 2.83. The zero-order chi connectivity index (χ0) is 22.3. The molecule has 0 atom stereocenters. The molecule has 1 aliphatic heterocycles. The van der Waals surface area contributed by atoms with E-state index < -0.39 is 5.97 Å². The van der Waals surface area contributed by atoms with Crippen molar-refractivity contribution in [1.82, 2.24) is 0 Å². The number of hydrogen-bond acceptors (Lipinski definition) is 5. The van der Waals surface area contributed by atoms with Gasteiger partial charge < -0.3 is 24.8 Å². The number of ether oxygens (including phenoxy) is 2. The van der Waals surface area contributed by atoms with Gasteiger partial charge in [-0.15, -0.1) is 0 Å². The van der Waals surface area contributed by atoms with E-state index in [2.05, 4.69) is 5.32 Å². The van der Waals surface area contributed by atoms with Crippen LogP contribution in [-0.4, -0.2) is 37.4 Å². The Morgan fingerprint density at radius 3 is 2.59 bits per heavy atom. The Balaban J connectivity index is 1.48. The summed E-state index contributed by atoms with van der Waals surface area (Å²) >= 11 is 6.21. The van der Waals surface area contributed by atoms with Gasteiger partial charge in [-0.1, -0.05) is 41.9 Å². The van der Waals surface area contributed by atoms with Gasteiger partial charge in [0.2, 0.25) is 0 Å². The number of aromatic carboxylic acids is 1. The van der Waals surface area contributed by atoms with Crippen LogP contribution in [0.3, 0.4) is 0 Å². The molecular weight excluding hydrogens is 428 g/mol. The van der Waals surface area contributed by atoms with Crippen LogP contribution in [0.5, 0.6) is 5.75 Å². The van der Waals surface area contributed by atoms with Crippen molar-refractivity contribution in [1.29, 1.82) is 0 Å². The normalized spacial score (nSPS) is 13.6. The molecule has 1 aliphatic rings. The summed E-state index contributed by atoms with van der Waals surface area (Å²) in [5, 5.41) is 13.7. The molecule has 1 heterocycles. The van der Waals surface area contributed by atoms with Crippen LogP contribution in [0.15, 0.2) is 66.7 Å². The molecule has 166 valence electrons. The lowest BCUT2D eigenvalue weighted by atomic mass is 10.1. The monoisotopic (exact) mass is 452 g/mol. The molecule has 3 aromatic carbocycles. The van der Waals surface area contributed by atoms with Crippen LogP contribution in [-0.2, 0) is 17.9 Å². The zero-order valence-electron chi connectivity index (χ0n) is 17.6. The van der Waals surface area contributed by atoms with Gasteiger partial charge in [0.25, 0.3) is 0 Å². The predicted octanol–water partition coefficient (Wildman–Crippen LogP) is 5.07. The van der Waals surface area contributed by atoms with Crippen LogP contribution in [0, 0.1) is 0 Å². The molecule has 32 heavy (non-hydrogen) atoms. The molecule has 1 saturated heterocycles. The Morgan fingerprint density at radius 1 is 1.06 bits per heavy atom. The van der Waals surface area contributed by atoms with Crippen molar-refractivity contribution in [3.63, 3.8) is 0 Å². The molecule has 0 saturated carbocycles. The third-order valence-electron chi connectivity index (χ3n) is 5.32. The number of carboxylic acid groups (broad SMARTS) is 1. The van der Waals surface area contributed by atoms with Crippen LogP contribution in [0.2, 0.25) is 5.02 Å². The van der Waals surface area contributed by atoms with Crippen molar-refractivity contribution in [2.75, 3.05) is 36.5 Å². The second kappa shape index (κ2) is 10.4. The van der Waals surface area contributed by atoms with Crippen molar-refractivity contribution >= 4 is 28.9 Å². The average molecular weight is 453 g/mol. The van der Waals surface area contributed by atoms with E-state index in [-0.39, 0.29) is 5.56 Å². The standard InChI is InChI=1S/C25H25ClN2O4/c26-20-6-9-24(32-17-18-4-2-1-3-5-18)19(14-20)16-27-21-7-8-23(22(15-21)25(29)30)28-10-12-31-13-11-28/h1-9,14-15,27H,10-13,16-17H2,(H,29,30). The summed E-state index contributed by atoms with van der Waals surface area (Å²) in [5.74, 6) is -0.223. The minimum atomic E-state index is -0.954. The van der Waals surface area contributed by atoms with E-state index in [9.17, 15) is 9.90 Å². The Bertz CT molecular complexity index is 1070. The summed E-state index contributed by atoms with van der Waals surface area (Å²) in [5.41, 5.74) is 3.66. The van der Waals surface area contributed by atoms with Gasteiger partial charge in [0.1, 0.15) is 12.4 Å². The second-order valence-electron chi connectivity index (χ2n) is 7.52. The van der Waals surface area contributed by atoms with Crippen LogP contribution < -0.4 is 15.0 Å². The van der Waals surface area contributed by atoms with Crippen molar-refractivity contribution in [2.45, 2.75) is 13.2 Å². The van der Waals surface area contributed by atoms with E-state index in [1.165, 1.54) is 0 Å². The van der Waals surface area contributed by atoms with Gasteiger partial charge in [-0.25, -0.2) is 4.79 Å². The molecule has 0 amide bonds. The van der Waals surface area contributed by atoms with Gasteiger partial charge >= 0.3 is 5.97 Å². The highest BCUT2D eigenvalue weighted by atomic mass is 35.5. The number of rotatable bonds is 8. The number of anilines is 2. The minimum absolute atomic E-state index is 0.267. The van der Waals surface area contributed by atoms with Gasteiger partial charge in [0.15, 0.2) is 0 Å². The highest BCUT2D eigenvalue weighted by Crippen LogP contribution is 2.28. The van der Waals surface area contributed by atoms with Crippen molar-refractivity contribution in [3.05, 3.63) is 88.4 Å². The predicted molar refractivity (Wildman–Crippen MR) is 126 cm³/mol. The fraction of sp³-hybridized carbons (Fsp3) is 0.240. The summed E-state index contributed by atoms with van der Waals surface area (Å²) in [6.07, 6.45) is 0. The van der Waals surface area contributed by atoms with Crippen molar-refractivity contribution in [3.8, 4) is 5.75 Å². The molecule has 0 unspecified atom stereocenters. The zero-order valence-corrected chi connectivity index (χ0v) is 18.3. The van der Waals surface area contributed by atoms with E-state index in [0.717, 1.165) is 16.9 Å². The molecule has 4 rings (SSSR count). The fourth-order valence-corrected chi connectivity index (χ4v) is 3.85. The summed E-state index contributed by atoms with van der Waals surface area (Å²) in [6, 6.07) is 20.9. The number of nitrogens with zero attached hydrogens (tertiary/aromatic N) is 1. The maximum atomic E-state index is 11.9. The first-order chi connectivity index (χ1) is 15.6. The van der Waals surface area contributed by atoms with Crippen molar-refractivity contribution < 1.29 is 19.4 Å². The SMILES string of the molecule is O=C(O)c1cc(NCc2cc(Cl)ccc2OCc2ccccc2)ccc1N1CCOCC1. The molecule has 3 aromatic rings.